The van der Waals surface area contributed by atoms with Gasteiger partial charge in [-0.15, -0.1) is 11.3 Å². The maximum atomic E-state index is 2.43. The summed E-state index contributed by atoms with van der Waals surface area (Å²) in [6.07, 6.45) is 0. The molecule has 0 radical (unpaired) electrons. The average molecular weight is 529 g/mol. The number of para-hydroxylation sites is 2. The molecule has 0 saturated carbocycles. The summed E-state index contributed by atoms with van der Waals surface area (Å²) >= 11 is 1.87. The minimum atomic E-state index is 1.20. The molecule has 3 aromatic heterocycles. The first-order valence-electron chi connectivity index (χ1n) is 13.7. The van der Waals surface area contributed by atoms with Crippen molar-refractivity contribution in [2.75, 3.05) is 0 Å². The molecule has 3 heterocycles. The highest BCUT2D eigenvalue weighted by atomic mass is 32.1. The molecule has 9 aromatic rings. The van der Waals surface area contributed by atoms with Gasteiger partial charge in [0, 0.05) is 65.5 Å². The van der Waals surface area contributed by atoms with E-state index in [1.165, 1.54) is 80.6 Å². The minimum absolute atomic E-state index is 1.20. The van der Waals surface area contributed by atoms with Gasteiger partial charge in [-0.2, -0.15) is 0 Å². The summed E-state index contributed by atoms with van der Waals surface area (Å²) in [5.41, 5.74) is 8.71. The largest absolute Gasteiger partial charge is 0.344 e. The number of hydrogen-bond donors (Lipinski definition) is 0. The number of fused-ring (bicyclic) bond motifs is 9. The second-order valence-corrected chi connectivity index (χ2v) is 11.7. The molecule has 0 amide bonds. The summed E-state index contributed by atoms with van der Waals surface area (Å²) in [7, 11) is 2.17. The monoisotopic (exact) mass is 528 g/mol. The molecule has 3 heteroatoms. The Kier molecular flexibility index (Phi) is 4.44. The van der Waals surface area contributed by atoms with Crippen molar-refractivity contribution in [1.82, 2.24) is 9.13 Å². The third-order valence-electron chi connectivity index (χ3n) is 8.54. The van der Waals surface area contributed by atoms with E-state index in [2.05, 4.69) is 144 Å². The van der Waals surface area contributed by atoms with E-state index in [0.717, 1.165) is 0 Å². The van der Waals surface area contributed by atoms with Crippen LogP contribution in [0.2, 0.25) is 0 Å². The van der Waals surface area contributed by atoms with E-state index in [1.54, 1.807) is 0 Å². The molecule has 0 bridgehead atoms. The van der Waals surface area contributed by atoms with E-state index in [9.17, 15) is 0 Å². The van der Waals surface area contributed by atoms with E-state index in [0.29, 0.717) is 0 Å². The molecule has 9 rings (SSSR count). The number of rotatable bonds is 2. The predicted octanol–water partition coefficient (Wildman–Crippen LogP) is 10.5. The third kappa shape index (κ3) is 2.93. The van der Waals surface area contributed by atoms with Crippen LogP contribution in [0.15, 0.2) is 127 Å². The smallest absolute Gasteiger partial charge is 0.0541 e. The van der Waals surface area contributed by atoms with Crippen molar-refractivity contribution < 1.29 is 0 Å². The van der Waals surface area contributed by atoms with Crippen molar-refractivity contribution >= 4 is 75.1 Å². The number of hydrogen-bond acceptors (Lipinski definition) is 1. The number of thiophene rings is 1. The standard InChI is InChI=1S/C37H24N2S/c1-38-31-13-5-3-11-28(31)37-25(12-8-15-34(37)38)23-17-19-33-29(21-23)26-9-2-6-14-32(26)39(33)24-18-20-36-30(22-24)27-10-4-7-16-35(27)40-36/h2-22H,1H3. The van der Waals surface area contributed by atoms with Gasteiger partial charge in [0.25, 0.3) is 0 Å². The van der Waals surface area contributed by atoms with Crippen LogP contribution in [0.1, 0.15) is 0 Å². The van der Waals surface area contributed by atoms with Gasteiger partial charge >= 0.3 is 0 Å². The molecule has 0 unspecified atom stereocenters. The zero-order valence-electron chi connectivity index (χ0n) is 21.9. The van der Waals surface area contributed by atoms with Crippen molar-refractivity contribution in [3.63, 3.8) is 0 Å². The van der Waals surface area contributed by atoms with Crippen LogP contribution in [0.4, 0.5) is 0 Å². The Morgan fingerprint density at radius 2 is 1.18 bits per heavy atom. The topological polar surface area (TPSA) is 9.86 Å². The van der Waals surface area contributed by atoms with Gasteiger partial charge in [0.05, 0.1) is 11.0 Å². The van der Waals surface area contributed by atoms with Crippen LogP contribution in [-0.2, 0) is 7.05 Å². The minimum Gasteiger partial charge on any atom is -0.344 e. The quantitative estimate of drug-likeness (QED) is 0.211. The van der Waals surface area contributed by atoms with Gasteiger partial charge in [-0.25, -0.2) is 0 Å². The number of benzene rings is 6. The Hall–Kier alpha value is -4.86. The van der Waals surface area contributed by atoms with Crippen LogP contribution < -0.4 is 0 Å². The molecular formula is C37H24N2S. The van der Waals surface area contributed by atoms with E-state index in [4.69, 9.17) is 0 Å². The lowest BCUT2D eigenvalue weighted by Gasteiger charge is -2.10. The van der Waals surface area contributed by atoms with Crippen LogP contribution in [0, 0.1) is 0 Å². The summed E-state index contributed by atoms with van der Waals surface area (Å²) in [4.78, 5) is 0. The Labute approximate surface area is 234 Å². The Morgan fingerprint density at radius 1 is 0.475 bits per heavy atom. The molecule has 40 heavy (non-hydrogen) atoms. The first kappa shape index (κ1) is 22.0. The lowest BCUT2D eigenvalue weighted by Crippen LogP contribution is -1.93. The van der Waals surface area contributed by atoms with Crippen LogP contribution in [0.3, 0.4) is 0 Å². The van der Waals surface area contributed by atoms with E-state index in [1.807, 2.05) is 11.3 Å². The fourth-order valence-electron chi connectivity index (χ4n) is 6.72. The van der Waals surface area contributed by atoms with Crippen LogP contribution in [0.5, 0.6) is 0 Å². The van der Waals surface area contributed by atoms with Crippen molar-refractivity contribution in [3.05, 3.63) is 127 Å². The lowest BCUT2D eigenvalue weighted by atomic mass is 9.98. The fourth-order valence-corrected chi connectivity index (χ4v) is 7.81. The van der Waals surface area contributed by atoms with Crippen LogP contribution in [0.25, 0.3) is 80.6 Å². The fraction of sp³-hybridized carbons (Fsp3) is 0.0270. The van der Waals surface area contributed by atoms with Gasteiger partial charge < -0.3 is 9.13 Å². The highest BCUT2D eigenvalue weighted by Crippen LogP contribution is 2.41. The van der Waals surface area contributed by atoms with E-state index >= 15 is 0 Å². The Balaban J connectivity index is 1.32. The maximum Gasteiger partial charge on any atom is 0.0541 e. The summed E-state index contributed by atoms with van der Waals surface area (Å²) in [5.74, 6) is 0. The third-order valence-corrected chi connectivity index (χ3v) is 9.69. The van der Waals surface area contributed by atoms with Crippen LogP contribution in [-0.4, -0.2) is 9.13 Å². The second-order valence-electron chi connectivity index (χ2n) is 10.6. The molecule has 0 aliphatic heterocycles. The summed E-state index contributed by atoms with van der Waals surface area (Å²) in [5, 5.41) is 7.83. The molecular weight excluding hydrogens is 504 g/mol. The molecule has 188 valence electrons. The van der Waals surface area contributed by atoms with Gasteiger partial charge in [0.15, 0.2) is 0 Å². The molecule has 0 spiro atoms. The first-order valence-corrected chi connectivity index (χ1v) is 14.5. The summed E-state index contributed by atoms with van der Waals surface area (Å²) in [6, 6.07) is 46.9. The predicted molar refractivity (Wildman–Crippen MR) is 173 cm³/mol. The number of aromatic nitrogens is 2. The van der Waals surface area contributed by atoms with E-state index in [-0.39, 0.29) is 0 Å². The van der Waals surface area contributed by atoms with Crippen molar-refractivity contribution in [3.8, 4) is 16.8 Å². The van der Waals surface area contributed by atoms with Gasteiger partial charge in [0.1, 0.15) is 0 Å². The molecule has 0 N–H and O–H groups in total. The number of aryl methyl sites for hydroxylation is 1. The molecule has 0 atom stereocenters. The molecule has 0 aliphatic rings. The summed E-state index contributed by atoms with van der Waals surface area (Å²) in [6.45, 7) is 0. The average Bonchev–Trinajstić information content (AvgIpc) is 3.64. The zero-order chi connectivity index (χ0) is 26.4. The van der Waals surface area contributed by atoms with Crippen molar-refractivity contribution in [2.45, 2.75) is 0 Å². The number of nitrogens with zero attached hydrogens (tertiary/aromatic N) is 2. The lowest BCUT2D eigenvalue weighted by molar-refractivity contribution is 1.01. The highest BCUT2D eigenvalue weighted by Gasteiger charge is 2.17. The second kappa shape index (κ2) is 8.08. The van der Waals surface area contributed by atoms with Crippen LogP contribution >= 0.6 is 11.3 Å². The zero-order valence-corrected chi connectivity index (χ0v) is 22.7. The highest BCUT2D eigenvalue weighted by molar-refractivity contribution is 7.25. The maximum absolute atomic E-state index is 2.43. The van der Waals surface area contributed by atoms with Gasteiger partial charge in [-0.3, -0.25) is 0 Å². The molecule has 0 aliphatic carbocycles. The van der Waals surface area contributed by atoms with Gasteiger partial charge in [-0.05, 0) is 65.7 Å². The summed E-state index contributed by atoms with van der Waals surface area (Å²) < 4.78 is 7.40. The van der Waals surface area contributed by atoms with Crippen molar-refractivity contribution in [2.24, 2.45) is 7.05 Å². The molecule has 2 nitrogen and oxygen atoms in total. The van der Waals surface area contributed by atoms with E-state index < -0.39 is 0 Å². The Bertz CT molecular complexity index is 2450. The van der Waals surface area contributed by atoms with Crippen molar-refractivity contribution in [1.29, 1.82) is 0 Å². The Morgan fingerprint density at radius 3 is 2.08 bits per heavy atom. The molecule has 6 aromatic carbocycles. The SMILES string of the molecule is Cn1c2ccccc2c2c(-c3ccc4c(c3)c3ccccc3n4-c3ccc4sc5ccccc5c4c3)cccc21. The van der Waals surface area contributed by atoms with Gasteiger partial charge in [0.2, 0.25) is 0 Å². The molecule has 0 saturated heterocycles. The molecule has 0 fully saturated rings. The van der Waals surface area contributed by atoms with Gasteiger partial charge in [-0.1, -0.05) is 72.8 Å². The first-order chi connectivity index (χ1) is 19.8. The normalized spacial score (nSPS) is 12.1.